The van der Waals surface area contributed by atoms with Gasteiger partial charge in [-0.1, -0.05) is 16.8 Å². The first-order valence-corrected chi connectivity index (χ1v) is 7.47. The first kappa shape index (κ1) is 16.0. The summed E-state index contributed by atoms with van der Waals surface area (Å²) in [5.74, 6) is -1.15. The van der Waals surface area contributed by atoms with E-state index in [1.54, 1.807) is 24.3 Å². The number of carboxylic acids is 1. The Kier molecular flexibility index (Phi) is 4.48. The maximum Gasteiger partial charge on any atom is 0.325 e. The largest absolute Gasteiger partial charge is 0.480 e. The molecule has 0 aliphatic rings. The number of hydrogen-bond donors (Lipinski definition) is 2. The summed E-state index contributed by atoms with van der Waals surface area (Å²) in [6.07, 6.45) is 1.96. The van der Waals surface area contributed by atoms with E-state index in [4.69, 9.17) is 21.1 Å². The number of rotatable bonds is 6. The molecule has 0 bridgehead atoms. The van der Waals surface area contributed by atoms with Crippen LogP contribution in [0, 0.1) is 0 Å². The zero-order valence-corrected chi connectivity index (χ0v) is 13.2. The van der Waals surface area contributed by atoms with Gasteiger partial charge in [0, 0.05) is 29.6 Å². The standard InChI is InChI=1S/C15H13ClN4O4/c16-10-1-2-12-9(5-10)6-13(24-12)15(23)17-4-3-11-7-20(19-18-11)8-14(21)22/h1-2,5-7H,3-4,8H2,(H,17,23)(H,21,22). The Bertz CT molecular complexity index is 902. The lowest BCUT2D eigenvalue weighted by atomic mass is 10.2. The van der Waals surface area contributed by atoms with Gasteiger partial charge in [-0.25, -0.2) is 4.68 Å². The molecule has 0 fully saturated rings. The smallest absolute Gasteiger partial charge is 0.325 e. The average molecular weight is 349 g/mol. The predicted molar refractivity (Wildman–Crippen MR) is 84.9 cm³/mol. The van der Waals surface area contributed by atoms with Crippen LogP contribution in [0.3, 0.4) is 0 Å². The van der Waals surface area contributed by atoms with Gasteiger partial charge in [-0.15, -0.1) is 5.10 Å². The Hall–Kier alpha value is -2.87. The molecule has 24 heavy (non-hydrogen) atoms. The molecular weight excluding hydrogens is 336 g/mol. The SMILES string of the molecule is O=C(O)Cn1cc(CCNC(=O)c2cc3cc(Cl)ccc3o2)nn1. The molecule has 2 aromatic heterocycles. The number of nitrogens with zero attached hydrogens (tertiary/aromatic N) is 3. The van der Waals surface area contributed by atoms with Crippen molar-refractivity contribution in [1.82, 2.24) is 20.3 Å². The molecule has 0 saturated carbocycles. The minimum absolute atomic E-state index is 0.196. The summed E-state index contributed by atoms with van der Waals surface area (Å²) in [7, 11) is 0. The lowest BCUT2D eigenvalue weighted by Gasteiger charge is -2.00. The average Bonchev–Trinajstić information content (AvgIpc) is 3.12. The Labute approximate surface area is 141 Å². The molecule has 8 nitrogen and oxygen atoms in total. The van der Waals surface area contributed by atoms with E-state index in [1.807, 2.05) is 0 Å². The van der Waals surface area contributed by atoms with E-state index in [1.165, 1.54) is 10.9 Å². The molecule has 3 rings (SSSR count). The topological polar surface area (TPSA) is 110 Å². The monoisotopic (exact) mass is 348 g/mol. The van der Waals surface area contributed by atoms with Crippen LogP contribution >= 0.6 is 11.6 Å². The molecule has 0 aliphatic carbocycles. The number of aliphatic carboxylic acids is 1. The third-order valence-corrected chi connectivity index (χ3v) is 3.49. The molecule has 124 valence electrons. The van der Waals surface area contributed by atoms with E-state index >= 15 is 0 Å². The minimum Gasteiger partial charge on any atom is -0.480 e. The van der Waals surface area contributed by atoms with Crippen LogP contribution in [0.15, 0.2) is 34.9 Å². The highest BCUT2D eigenvalue weighted by Gasteiger charge is 2.12. The van der Waals surface area contributed by atoms with Crippen molar-refractivity contribution in [3.8, 4) is 0 Å². The third kappa shape index (κ3) is 3.72. The van der Waals surface area contributed by atoms with Crippen molar-refractivity contribution in [2.24, 2.45) is 0 Å². The lowest BCUT2D eigenvalue weighted by molar-refractivity contribution is -0.137. The van der Waals surface area contributed by atoms with Gasteiger partial charge in [-0.2, -0.15) is 0 Å². The fourth-order valence-corrected chi connectivity index (χ4v) is 2.37. The normalized spacial score (nSPS) is 10.9. The van der Waals surface area contributed by atoms with Gasteiger partial charge in [0.1, 0.15) is 12.1 Å². The summed E-state index contributed by atoms with van der Waals surface area (Å²) in [5, 5.41) is 20.2. The van der Waals surface area contributed by atoms with E-state index in [2.05, 4.69) is 15.6 Å². The first-order chi connectivity index (χ1) is 11.5. The summed E-state index contributed by atoms with van der Waals surface area (Å²) in [4.78, 5) is 22.7. The Morgan fingerprint density at radius 2 is 2.17 bits per heavy atom. The maximum absolute atomic E-state index is 12.1. The first-order valence-electron chi connectivity index (χ1n) is 7.09. The van der Waals surface area contributed by atoms with Crippen molar-refractivity contribution in [3.05, 3.63) is 46.9 Å². The summed E-state index contributed by atoms with van der Waals surface area (Å²) >= 11 is 5.90. The molecule has 9 heteroatoms. The molecule has 0 aliphatic heterocycles. The second kappa shape index (κ2) is 6.71. The molecule has 0 radical (unpaired) electrons. The number of fused-ring (bicyclic) bond motifs is 1. The number of furan rings is 1. The van der Waals surface area contributed by atoms with Gasteiger partial charge in [-0.05, 0) is 24.3 Å². The van der Waals surface area contributed by atoms with Crippen molar-refractivity contribution >= 4 is 34.4 Å². The predicted octanol–water partition coefficient (Wildman–Crippen LogP) is 1.73. The van der Waals surface area contributed by atoms with E-state index in [0.29, 0.717) is 29.3 Å². The van der Waals surface area contributed by atoms with Crippen molar-refractivity contribution in [2.45, 2.75) is 13.0 Å². The summed E-state index contributed by atoms with van der Waals surface area (Å²) < 4.78 is 6.69. The van der Waals surface area contributed by atoms with Crippen LogP contribution in [0.25, 0.3) is 11.0 Å². The molecule has 0 atom stereocenters. The number of nitrogens with one attached hydrogen (secondary N) is 1. The van der Waals surface area contributed by atoms with E-state index in [0.717, 1.165) is 5.39 Å². The van der Waals surface area contributed by atoms with Gasteiger partial charge < -0.3 is 14.8 Å². The van der Waals surface area contributed by atoms with Crippen molar-refractivity contribution in [3.63, 3.8) is 0 Å². The van der Waals surface area contributed by atoms with Crippen LogP contribution in [-0.2, 0) is 17.8 Å². The molecule has 0 unspecified atom stereocenters. The molecule has 0 spiro atoms. The maximum atomic E-state index is 12.1. The van der Waals surface area contributed by atoms with Gasteiger partial charge >= 0.3 is 5.97 Å². The highest BCUT2D eigenvalue weighted by Crippen LogP contribution is 2.22. The lowest BCUT2D eigenvalue weighted by Crippen LogP contribution is -2.25. The second-order valence-electron chi connectivity index (χ2n) is 5.10. The zero-order chi connectivity index (χ0) is 17.1. The number of amides is 1. The molecule has 2 N–H and O–H groups in total. The molecular formula is C15H13ClN4O4. The van der Waals surface area contributed by atoms with Gasteiger partial charge in [0.25, 0.3) is 5.91 Å². The molecule has 3 aromatic rings. The molecule has 1 aromatic carbocycles. The minimum atomic E-state index is -0.996. The summed E-state index contributed by atoms with van der Waals surface area (Å²) in [6.45, 7) is 0.0727. The summed E-state index contributed by atoms with van der Waals surface area (Å²) in [5.41, 5.74) is 1.18. The number of halogens is 1. The van der Waals surface area contributed by atoms with Gasteiger partial charge in [-0.3, -0.25) is 9.59 Å². The Morgan fingerprint density at radius 1 is 1.33 bits per heavy atom. The summed E-state index contributed by atoms with van der Waals surface area (Å²) in [6, 6.07) is 6.74. The zero-order valence-electron chi connectivity index (χ0n) is 12.4. The number of benzene rings is 1. The molecule has 0 saturated heterocycles. The number of aromatic nitrogens is 3. The fourth-order valence-electron chi connectivity index (χ4n) is 2.19. The van der Waals surface area contributed by atoms with Crippen LogP contribution in [0.4, 0.5) is 0 Å². The van der Waals surface area contributed by atoms with E-state index < -0.39 is 5.97 Å². The van der Waals surface area contributed by atoms with E-state index in [9.17, 15) is 9.59 Å². The number of hydrogen-bond acceptors (Lipinski definition) is 5. The molecule has 1 amide bonds. The number of carbonyl (C=O) groups is 2. The highest BCUT2D eigenvalue weighted by molar-refractivity contribution is 6.31. The highest BCUT2D eigenvalue weighted by atomic mass is 35.5. The van der Waals surface area contributed by atoms with E-state index in [-0.39, 0.29) is 18.2 Å². The fraction of sp³-hybridized carbons (Fsp3) is 0.200. The van der Waals surface area contributed by atoms with Crippen LogP contribution in [0.2, 0.25) is 5.02 Å². The van der Waals surface area contributed by atoms with Gasteiger partial charge in [0.05, 0.1) is 5.69 Å². The van der Waals surface area contributed by atoms with Crippen LogP contribution < -0.4 is 5.32 Å². The van der Waals surface area contributed by atoms with Gasteiger partial charge in [0.15, 0.2) is 5.76 Å². The number of carboxylic acid groups (broad SMARTS) is 1. The quantitative estimate of drug-likeness (QED) is 0.702. The van der Waals surface area contributed by atoms with Crippen molar-refractivity contribution in [2.75, 3.05) is 6.54 Å². The van der Waals surface area contributed by atoms with Crippen LogP contribution in [0.5, 0.6) is 0 Å². The molecule has 2 heterocycles. The van der Waals surface area contributed by atoms with Crippen LogP contribution in [-0.4, -0.2) is 38.5 Å². The Balaban J connectivity index is 1.56. The van der Waals surface area contributed by atoms with Gasteiger partial charge in [0.2, 0.25) is 0 Å². The second-order valence-corrected chi connectivity index (χ2v) is 5.54. The van der Waals surface area contributed by atoms with Crippen LogP contribution in [0.1, 0.15) is 16.2 Å². The van der Waals surface area contributed by atoms with Crippen molar-refractivity contribution < 1.29 is 19.1 Å². The third-order valence-electron chi connectivity index (χ3n) is 3.25. The number of carbonyl (C=O) groups excluding carboxylic acids is 1. The Morgan fingerprint density at radius 3 is 2.96 bits per heavy atom. The van der Waals surface area contributed by atoms with Crippen molar-refractivity contribution in [1.29, 1.82) is 0 Å².